The molecule has 0 saturated carbocycles. The van der Waals surface area contributed by atoms with Crippen LogP contribution in [0.3, 0.4) is 0 Å². The van der Waals surface area contributed by atoms with E-state index in [-0.39, 0.29) is 11.9 Å². The third-order valence-corrected chi connectivity index (χ3v) is 5.15. The van der Waals surface area contributed by atoms with E-state index in [4.69, 9.17) is 4.74 Å². The molecule has 1 unspecified atom stereocenters. The summed E-state index contributed by atoms with van der Waals surface area (Å²) in [5, 5.41) is 0. The molecule has 0 aliphatic carbocycles. The summed E-state index contributed by atoms with van der Waals surface area (Å²) in [4.78, 5) is 19.9. The Morgan fingerprint density at radius 1 is 1.11 bits per heavy atom. The minimum Gasteiger partial charge on any atom is -0.372 e. The number of hydrogen-bond acceptors (Lipinski definition) is 3. The van der Waals surface area contributed by atoms with Gasteiger partial charge in [0.25, 0.3) is 5.91 Å². The number of nitrogens with zero attached hydrogens (tertiary/aromatic N) is 3. The van der Waals surface area contributed by atoms with Crippen molar-refractivity contribution >= 4 is 5.91 Å². The Hall–Kier alpha value is -2.92. The Kier molecular flexibility index (Phi) is 5.53. The number of carbonyl (C=O) groups is 1. The van der Waals surface area contributed by atoms with Crippen LogP contribution in [0.15, 0.2) is 66.9 Å². The van der Waals surface area contributed by atoms with Crippen LogP contribution < -0.4 is 0 Å². The number of rotatable bonds is 6. The Balaban J connectivity index is 1.59. The standard InChI is InChI=1S/C23H25N3O2/c1-18(14-19-8-4-2-5-9-19)26(15-20-10-6-3-7-11-20)23(27)21-16-25-12-13-28-17-22(25)24-21/h2-11,16,18H,12-15,17H2,1H3. The number of ether oxygens (including phenoxy) is 1. The van der Waals surface area contributed by atoms with Gasteiger partial charge in [-0.15, -0.1) is 0 Å². The van der Waals surface area contributed by atoms with Gasteiger partial charge in [-0.1, -0.05) is 60.7 Å². The molecule has 1 aliphatic heterocycles. The maximum atomic E-state index is 13.4. The van der Waals surface area contributed by atoms with E-state index in [0.717, 1.165) is 24.4 Å². The predicted molar refractivity (Wildman–Crippen MR) is 108 cm³/mol. The molecule has 0 bridgehead atoms. The quantitative estimate of drug-likeness (QED) is 0.660. The molecule has 5 nitrogen and oxygen atoms in total. The SMILES string of the molecule is CC(Cc1ccccc1)N(Cc1ccccc1)C(=O)c1cn2c(n1)COCC2. The Bertz CT molecular complexity index is 898. The van der Waals surface area contributed by atoms with Crippen molar-refractivity contribution < 1.29 is 9.53 Å². The monoisotopic (exact) mass is 375 g/mol. The largest absolute Gasteiger partial charge is 0.372 e. The van der Waals surface area contributed by atoms with Crippen LogP contribution in [-0.2, 0) is 30.9 Å². The first-order chi connectivity index (χ1) is 13.7. The summed E-state index contributed by atoms with van der Waals surface area (Å²) >= 11 is 0. The fourth-order valence-corrected chi connectivity index (χ4v) is 3.61. The lowest BCUT2D eigenvalue weighted by atomic mass is 10.0. The Morgan fingerprint density at radius 2 is 1.79 bits per heavy atom. The summed E-state index contributed by atoms with van der Waals surface area (Å²) in [5.41, 5.74) is 2.83. The van der Waals surface area contributed by atoms with Crippen LogP contribution in [-0.4, -0.2) is 33.0 Å². The minimum atomic E-state index is -0.0332. The van der Waals surface area contributed by atoms with Gasteiger partial charge < -0.3 is 14.2 Å². The number of fused-ring (bicyclic) bond motifs is 1. The fraction of sp³-hybridized carbons (Fsp3) is 0.304. The molecule has 28 heavy (non-hydrogen) atoms. The molecular formula is C23H25N3O2. The van der Waals surface area contributed by atoms with Crippen LogP contribution in [0.25, 0.3) is 0 Å². The van der Waals surface area contributed by atoms with E-state index in [0.29, 0.717) is 25.5 Å². The summed E-state index contributed by atoms with van der Waals surface area (Å²) in [6, 6.07) is 20.5. The molecule has 0 radical (unpaired) electrons. The van der Waals surface area contributed by atoms with Crippen molar-refractivity contribution in [2.24, 2.45) is 0 Å². The van der Waals surface area contributed by atoms with Gasteiger partial charge in [-0.25, -0.2) is 4.98 Å². The van der Waals surface area contributed by atoms with E-state index < -0.39 is 0 Å². The molecule has 4 rings (SSSR count). The molecule has 3 aromatic rings. The predicted octanol–water partition coefficient (Wildman–Crippen LogP) is 3.69. The highest BCUT2D eigenvalue weighted by Crippen LogP contribution is 2.18. The lowest BCUT2D eigenvalue weighted by molar-refractivity contribution is 0.0669. The fourth-order valence-electron chi connectivity index (χ4n) is 3.61. The minimum absolute atomic E-state index is 0.0332. The van der Waals surface area contributed by atoms with E-state index in [1.54, 1.807) is 0 Å². The highest BCUT2D eigenvalue weighted by atomic mass is 16.5. The van der Waals surface area contributed by atoms with Crippen molar-refractivity contribution in [1.29, 1.82) is 0 Å². The summed E-state index contributed by atoms with van der Waals surface area (Å²) < 4.78 is 7.49. The zero-order valence-corrected chi connectivity index (χ0v) is 16.1. The normalized spacial score (nSPS) is 14.3. The van der Waals surface area contributed by atoms with Crippen LogP contribution in [0.4, 0.5) is 0 Å². The Labute approximate surface area is 165 Å². The van der Waals surface area contributed by atoms with Gasteiger partial charge in [-0.05, 0) is 24.5 Å². The first kappa shape index (κ1) is 18.4. The van der Waals surface area contributed by atoms with Gasteiger partial charge in [-0.2, -0.15) is 0 Å². The highest BCUT2D eigenvalue weighted by molar-refractivity contribution is 5.92. The zero-order chi connectivity index (χ0) is 19.3. The molecule has 2 heterocycles. The van der Waals surface area contributed by atoms with E-state index in [1.807, 2.05) is 52.1 Å². The van der Waals surface area contributed by atoms with Crippen LogP contribution in [0.1, 0.15) is 34.4 Å². The number of imidazole rings is 1. The number of aromatic nitrogens is 2. The third-order valence-electron chi connectivity index (χ3n) is 5.15. The van der Waals surface area contributed by atoms with Gasteiger partial charge in [0.1, 0.15) is 18.1 Å². The summed E-state index contributed by atoms with van der Waals surface area (Å²) in [7, 11) is 0. The number of carbonyl (C=O) groups excluding carboxylic acids is 1. The third kappa shape index (κ3) is 4.15. The molecule has 1 aromatic heterocycles. The summed E-state index contributed by atoms with van der Waals surface area (Å²) in [6.45, 7) is 4.54. The van der Waals surface area contributed by atoms with Crippen LogP contribution in [0.5, 0.6) is 0 Å². The smallest absolute Gasteiger partial charge is 0.274 e. The molecule has 144 valence electrons. The number of benzene rings is 2. The summed E-state index contributed by atoms with van der Waals surface area (Å²) in [6.07, 6.45) is 2.67. The van der Waals surface area contributed by atoms with Crippen LogP contribution in [0, 0.1) is 0 Å². The van der Waals surface area contributed by atoms with E-state index in [2.05, 4.69) is 36.2 Å². The first-order valence-corrected chi connectivity index (χ1v) is 9.73. The molecule has 0 N–H and O–H groups in total. The second kappa shape index (κ2) is 8.40. The van der Waals surface area contributed by atoms with Crippen molar-refractivity contribution in [2.75, 3.05) is 6.61 Å². The van der Waals surface area contributed by atoms with Gasteiger partial charge in [0.2, 0.25) is 0 Å². The van der Waals surface area contributed by atoms with Gasteiger partial charge in [0.15, 0.2) is 0 Å². The molecule has 5 heteroatoms. The molecule has 1 atom stereocenters. The van der Waals surface area contributed by atoms with Gasteiger partial charge >= 0.3 is 0 Å². The maximum Gasteiger partial charge on any atom is 0.274 e. The Morgan fingerprint density at radius 3 is 2.46 bits per heavy atom. The van der Waals surface area contributed by atoms with Gasteiger partial charge in [0, 0.05) is 25.3 Å². The lowest BCUT2D eigenvalue weighted by Gasteiger charge is -2.29. The molecule has 1 amide bonds. The second-order valence-electron chi connectivity index (χ2n) is 7.25. The summed E-state index contributed by atoms with van der Waals surface area (Å²) in [5.74, 6) is 0.791. The van der Waals surface area contributed by atoms with E-state index >= 15 is 0 Å². The average molecular weight is 375 g/mol. The van der Waals surface area contributed by atoms with Crippen molar-refractivity contribution in [1.82, 2.24) is 14.5 Å². The molecule has 0 saturated heterocycles. The zero-order valence-electron chi connectivity index (χ0n) is 16.1. The molecule has 1 aliphatic rings. The van der Waals surface area contributed by atoms with Crippen LogP contribution >= 0.6 is 0 Å². The lowest BCUT2D eigenvalue weighted by Crippen LogP contribution is -2.39. The van der Waals surface area contributed by atoms with Crippen molar-refractivity contribution in [3.63, 3.8) is 0 Å². The maximum absolute atomic E-state index is 13.4. The van der Waals surface area contributed by atoms with Crippen molar-refractivity contribution in [3.05, 3.63) is 89.5 Å². The average Bonchev–Trinajstić information content (AvgIpc) is 3.17. The molecule has 0 spiro atoms. The number of amides is 1. The molecule has 0 fully saturated rings. The number of hydrogen-bond donors (Lipinski definition) is 0. The molecular weight excluding hydrogens is 350 g/mol. The van der Waals surface area contributed by atoms with E-state index in [9.17, 15) is 4.79 Å². The second-order valence-corrected chi connectivity index (χ2v) is 7.25. The molecule has 2 aromatic carbocycles. The topological polar surface area (TPSA) is 47.4 Å². The highest BCUT2D eigenvalue weighted by Gasteiger charge is 2.26. The van der Waals surface area contributed by atoms with Crippen molar-refractivity contribution in [2.45, 2.75) is 39.1 Å². The van der Waals surface area contributed by atoms with Gasteiger partial charge in [0.05, 0.1) is 6.61 Å². The van der Waals surface area contributed by atoms with Crippen LogP contribution in [0.2, 0.25) is 0 Å². The van der Waals surface area contributed by atoms with Crippen molar-refractivity contribution in [3.8, 4) is 0 Å². The first-order valence-electron chi connectivity index (χ1n) is 9.73. The van der Waals surface area contributed by atoms with Gasteiger partial charge in [-0.3, -0.25) is 4.79 Å². The van der Waals surface area contributed by atoms with E-state index in [1.165, 1.54) is 5.56 Å².